The molecule has 0 spiro atoms. The fraction of sp³-hybridized carbons (Fsp3) is 0.0952. The summed E-state index contributed by atoms with van der Waals surface area (Å²) in [5.74, 6) is 0.635. The zero-order chi connectivity index (χ0) is 18.3. The van der Waals surface area contributed by atoms with Crippen molar-refractivity contribution in [2.45, 2.75) is 5.03 Å². The lowest BCUT2D eigenvalue weighted by molar-refractivity contribution is 0.104. The maximum atomic E-state index is 13.1. The summed E-state index contributed by atoms with van der Waals surface area (Å²) >= 11 is 1.41. The molecular formula is C21H14N2O2S. The van der Waals surface area contributed by atoms with Gasteiger partial charge in [-0.15, -0.1) is 11.8 Å². The average molecular weight is 358 g/mol. The number of hydrogen-bond donors (Lipinski definition) is 0. The number of ketones is 1. The summed E-state index contributed by atoms with van der Waals surface area (Å²) in [7, 11) is 1.60. The van der Waals surface area contributed by atoms with Crippen molar-refractivity contribution in [3.8, 4) is 34.2 Å². The molecule has 0 radical (unpaired) electrons. The van der Waals surface area contributed by atoms with E-state index in [1.165, 1.54) is 11.8 Å². The monoisotopic (exact) mass is 358 g/mol. The minimum Gasteiger partial charge on any atom is -0.497 e. The Balaban J connectivity index is 2.08. The zero-order valence-electron chi connectivity index (χ0n) is 14.2. The van der Waals surface area contributed by atoms with Crippen molar-refractivity contribution in [1.29, 1.82) is 5.26 Å². The van der Waals surface area contributed by atoms with Gasteiger partial charge in [0.1, 0.15) is 16.8 Å². The van der Waals surface area contributed by atoms with Crippen LogP contribution in [0.4, 0.5) is 0 Å². The molecule has 1 aliphatic rings. The van der Waals surface area contributed by atoms with E-state index < -0.39 is 0 Å². The minimum atomic E-state index is -0.0851. The predicted octanol–water partition coefficient (Wildman–Crippen LogP) is 4.56. The van der Waals surface area contributed by atoms with Crippen LogP contribution >= 0.6 is 11.8 Å². The molecule has 4 nitrogen and oxygen atoms in total. The number of thioether (sulfide) groups is 1. The fourth-order valence-electron chi connectivity index (χ4n) is 3.30. The van der Waals surface area contributed by atoms with Crippen LogP contribution in [0, 0.1) is 11.3 Å². The Hall–Kier alpha value is -3.10. The Morgan fingerprint density at radius 3 is 2.35 bits per heavy atom. The molecule has 0 aliphatic heterocycles. The summed E-state index contributed by atoms with van der Waals surface area (Å²) < 4.78 is 5.22. The third-order valence-electron chi connectivity index (χ3n) is 4.50. The standard InChI is InChI=1S/C21H14N2O2S/c1-25-13-9-7-12(8-10-13)17-16(11-22)21(26-2)23-19-14-5-3-4-6-15(14)20(24)18(17)19/h3-10H,1-2H3. The van der Waals surface area contributed by atoms with Crippen molar-refractivity contribution in [3.63, 3.8) is 0 Å². The van der Waals surface area contributed by atoms with Crippen molar-refractivity contribution in [1.82, 2.24) is 4.98 Å². The lowest BCUT2D eigenvalue weighted by Crippen LogP contribution is -2.03. The molecule has 0 amide bonds. The Bertz CT molecular complexity index is 1080. The second kappa shape index (κ2) is 6.32. The number of hydrogen-bond acceptors (Lipinski definition) is 5. The SMILES string of the molecule is COc1ccc(-c2c(C#N)c(SC)nc3c2C(=O)c2ccccc2-3)cc1. The summed E-state index contributed by atoms with van der Waals surface area (Å²) in [5.41, 5.74) is 4.49. The maximum Gasteiger partial charge on any atom is 0.196 e. The van der Waals surface area contributed by atoms with Gasteiger partial charge in [-0.3, -0.25) is 4.79 Å². The number of aromatic nitrogens is 1. The van der Waals surface area contributed by atoms with Crippen LogP contribution in [0.15, 0.2) is 53.6 Å². The van der Waals surface area contributed by atoms with Crippen molar-refractivity contribution in [2.75, 3.05) is 13.4 Å². The van der Waals surface area contributed by atoms with Crippen molar-refractivity contribution < 1.29 is 9.53 Å². The summed E-state index contributed by atoms with van der Waals surface area (Å²) in [4.78, 5) is 17.7. The Morgan fingerprint density at radius 2 is 1.73 bits per heavy atom. The van der Waals surface area contributed by atoms with E-state index >= 15 is 0 Å². The number of carbonyl (C=O) groups excluding carboxylic acids is 1. The first-order valence-corrected chi connectivity index (χ1v) is 9.22. The topological polar surface area (TPSA) is 63.0 Å². The first kappa shape index (κ1) is 16.4. The highest BCUT2D eigenvalue weighted by Crippen LogP contribution is 2.44. The number of methoxy groups -OCH3 is 1. The van der Waals surface area contributed by atoms with Crippen LogP contribution in [0.3, 0.4) is 0 Å². The zero-order valence-corrected chi connectivity index (χ0v) is 15.1. The van der Waals surface area contributed by atoms with E-state index in [4.69, 9.17) is 4.74 Å². The predicted molar refractivity (Wildman–Crippen MR) is 102 cm³/mol. The van der Waals surface area contributed by atoms with Crippen LogP contribution in [0.5, 0.6) is 5.75 Å². The van der Waals surface area contributed by atoms with Crippen molar-refractivity contribution in [2.24, 2.45) is 0 Å². The molecule has 3 aromatic rings. The second-order valence-electron chi connectivity index (χ2n) is 5.81. The molecule has 0 bridgehead atoms. The largest absolute Gasteiger partial charge is 0.497 e. The molecule has 0 atom stereocenters. The van der Waals surface area contributed by atoms with Crippen LogP contribution < -0.4 is 4.74 Å². The number of fused-ring (bicyclic) bond motifs is 3. The summed E-state index contributed by atoms with van der Waals surface area (Å²) in [6, 6.07) is 17.1. The Kier molecular flexibility index (Phi) is 3.98. The number of benzene rings is 2. The van der Waals surface area contributed by atoms with Gasteiger partial charge in [0.15, 0.2) is 5.78 Å². The lowest BCUT2D eigenvalue weighted by Gasteiger charge is -2.13. The van der Waals surface area contributed by atoms with Gasteiger partial charge in [-0.2, -0.15) is 5.26 Å². The van der Waals surface area contributed by atoms with Gasteiger partial charge in [-0.25, -0.2) is 4.98 Å². The van der Waals surface area contributed by atoms with Gasteiger partial charge in [0.2, 0.25) is 0 Å². The molecule has 0 N–H and O–H groups in total. The molecule has 0 saturated carbocycles. The van der Waals surface area contributed by atoms with E-state index in [2.05, 4.69) is 11.1 Å². The van der Waals surface area contributed by atoms with Gasteiger partial charge < -0.3 is 4.74 Å². The number of carbonyl (C=O) groups is 1. The summed E-state index contributed by atoms with van der Waals surface area (Å²) in [6.45, 7) is 0. The third-order valence-corrected chi connectivity index (χ3v) is 5.18. The van der Waals surface area contributed by atoms with Crippen molar-refractivity contribution >= 4 is 17.5 Å². The fourth-order valence-corrected chi connectivity index (χ4v) is 3.83. The van der Waals surface area contributed by atoms with Gasteiger partial charge in [-0.05, 0) is 24.0 Å². The molecule has 1 aromatic heterocycles. The molecule has 26 heavy (non-hydrogen) atoms. The molecule has 1 heterocycles. The number of ether oxygens (including phenoxy) is 1. The van der Waals surface area contributed by atoms with Gasteiger partial charge in [-0.1, -0.05) is 36.4 Å². The molecular weight excluding hydrogens is 344 g/mol. The molecule has 4 rings (SSSR count). The van der Waals surface area contributed by atoms with E-state index in [9.17, 15) is 10.1 Å². The molecule has 1 aliphatic carbocycles. The highest BCUT2D eigenvalue weighted by atomic mass is 32.2. The van der Waals surface area contributed by atoms with Crippen LogP contribution in [0.2, 0.25) is 0 Å². The minimum absolute atomic E-state index is 0.0851. The lowest BCUT2D eigenvalue weighted by atomic mass is 9.94. The first-order valence-electron chi connectivity index (χ1n) is 8.00. The van der Waals surface area contributed by atoms with Gasteiger partial charge >= 0.3 is 0 Å². The van der Waals surface area contributed by atoms with Crippen LogP contribution in [-0.4, -0.2) is 24.1 Å². The highest BCUT2D eigenvalue weighted by Gasteiger charge is 2.33. The van der Waals surface area contributed by atoms with Crippen molar-refractivity contribution in [3.05, 3.63) is 65.2 Å². The molecule has 0 saturated heterocycles. The number of nitriles is 1. The molecule has 5 heteroatoms. The van der Waals surface area contributed by atoms with E-state index in [1.807, 2.05) is 54.8 Å². The van der Waals surface area contributed by atoms with Gasteiger partial charge in [0.25, 0.3) is 0 Å². The second-order valence-corrected chi connectivity index (χ2v) is 6.60. The number of pyridine rings is 1. The van der Waals surface area contributed by atoms with E-state index in [1.54, 1.807) is 7.11 Å². The van der Waals surface area contributed by atoms with Gasteiger partial charge in [0.05, 0.1) is 23.9 Å². The number of rotatable bonds is 3. The first-order chi connectivity index (χ1) is 12.7. The smallest absolute Gasteiger partial charge is 0.196 e. The average Bonchev–Trinajstić information content (AvgIpc) is 2.99. The molecule has 0 unspecified atom stereocenters. The Labute approximate surface area is 155 Å². The quantitative estimate of drug-likeness (QED) is 0.502. The van der Waals surface area contributed by atoms with E-state index in [0.717, 1.165) is 16.9 Å². The summed E-state index contributed by atoms with van der Waals surface area (Å²) in [5, 5.41) is 10.4. The third kappa shape index (κ3) is 2.31. The van der Waals surface area contributed by atoms with Crippen LogP contribution in [0.1, 0.15) is 21.5 Å². The van der Waals surface area contributed by atoms with Crippen LogP contribution in [-0.2, 0) is 0 Å². The van der Waals surface area contributed by atoms with Gasteiger partial charge in [0, 0.05) is 16.7 Å². The normalized spacial score (nSPS) is 11.7. The van der Waals surface area contributed by atoms with E-state index in [0.29, 0.717) is 33.0 Å². The summed E-state index contributed by atoms with van der Waals surface area (Å²) in [6.07, 6.45) is 1.88. The highest BCUT2D eigenvalue weighted by molar-refractivity contribution is 7.98. The molecule has 2 aromatic carbocycles. The Morgan fingerprint density at radius 1 is 1.04 bits per heavy atom. The molecule has 0 fully saturated rings. The maximum absolute atomic E-state index is 13.1. The van der Waals surface area contributed by atoms with E-state index in [-0.39, 0.29) is 5.78 Å². The molecule has 126 valence electrons. The van der Waals surface area contributed by atoms with Crippen LogP contribution in [0.25, 0.3) is 22.4 Å². The number of nitrogens with zero attached hydrogens (tertiary/aromatic N) is 2.